The van der Waals surface area contributed by atoms with E-state index in [1.165, 1.54) is 23.5 Å². The van der Waals surface area contributed by atoms with Crippen molar-refractivity contribution < 1.29 is 18.3 Å². The molecule has 19 heavy (non-hydrogen) atoms. The van der Waals surface area contributed by atoms with Crippen LogP contribution in [0.1, 0.15) is 22.8 Å². The van der Waals surface area contributed by atoms with Crippen LogP contribution in [-0.4, -0.2) is 5.11 Å². The standard InChI is InChI=1S/C12H7Br2F3OS/c13-9-5-8(11(14)19-9)10(18)6-2-1-3-7(4-6)12(15,16)17/h1-5,10,18H. The third kappa shape index (κ3) is 3.39. The highest BCUT2D eigenvalue weighted by molar-refractivity contribution is 9.12. The first kappa shape index (κ1) is 15.0. The lowest BCUT2D eigenvalue weighted by molar-refractivity contribution is -0.137. The highest BCUT2D eigenvalue weighted by atomic mass is 79.9. The van der Waals surface area contributed by atoms with Gasteiger partial charge >= 0.3 is 6.18 Å². The second-order valence-corrected chi connectivity index (χ2v) is 7.55. The molecule has 1 aromatic carbocycles. The molecule has 0 aliphatic carbocycles. The second-order valence-electron chi connectivity index (χ2n) is 3.81. The average Bonchev–Trinajstić information content (AvgIpc) is 2.66. The Bertz CT molecular complexity index is 595. The Kier molecular flexibility index (Phi) is 4.39. The highest BCUT2D eigenvalue weighted by Gasteiger charge is 2.31. The topological polar surface area (TPSA) is 20.2 Å². The van der Waals surface area contributed by atoms with Gasteiger partial charge in [0.25, 0.3) is 0 Å². The summed E-state index contributed by atoms with van der Waals surface area (Å²) < 4.78 is 39.3. The van der Waals surface area contributed by atoms with Gasteiger partial charge < -0.3 is 5.11 Å². The normalized spacial score (nSPS) is 13.6. The first-order valence-corrected chi connectivity index (χ1v) is 7.49. The number of rotatable bonds is 2. The summed E-state index contributed by atoms with van der Waals surface area (Å²) >= 11 is 7.90. The summed E-state index contributed by atoms with van der Waals surface area (Å²) in [5.41, 5.74) is -0.0218. The van der Waals surface area contributed by atoms with Crippen LogP contribution in [0.3, 0.4) is 0 Å². The molecule has 0 aliphatic rings. The molecular weight excluding hydrogens is 409 g/mol. The van der Waals surface area contributed by atoms with Gasteiger partial charge in [0.05, 0.1) is 13.1 Å². The fourth-order valence-corrected chi connectivity index (χ4v) is 4.49. The van der Waals surface area contributed by atoms with Crippen molar-refractivity contribution in [3.8, 4) is 0 Å². The van der Waals surface area contributed by atoms with Crippen LogP contribution in [0.4, 0.5) is 13.2 Å². The Morgan fingerprint density at radius 3 is 2.37 bits per heavy atom. The quantitative estimate of drug-likeness (QED) is 0.698. The lowest BCUT2D eigenvalue weighted by atomic mass is 10.0. The molecule has 0 bridgehead atoms. The SMILES string of the molecule is OC(c1cccc(C(F)(F)F)c1)c1cc(Br)sc1Br. The van der Waals surface area contributed by atoms with Crippen molar-refractivity contribution in [2.45, 2.75) is 12.3 Å². The van der Waals surface area contributed by atoms with Crippen LogP contribution >= 0.6 is 43.2 Å². The van der Waals surface area contributed by atoms with Gasteiger partial charge in [0, 0.05) is 5.56 Å². The van der Waals surface area contributed by atoms with E-state index in [1.54, 1.807) is 6.07 Å². The van der Waals surface area contributed by atoms with Gasteiger partial charge in [0.1, 0.15) is 6.10 Å². The van der Waals surface area contributed by atoms with Crippen LogP contribution < -0.4 is 0 Å². The van der Waals surface area contributed by atoms with Crippen molar-refractivity contribution in [3.63, 3.8) is 0 Å². The third-order valence-corrected chi connectivity index (χ3v) is 4.89. The minimum Gasteiger partial charge on any atom is -0.384 e. The molecule has 1 nitrogen and oxygen atoms in total. The van der Waals surface area contributed by atoms with Gasteiger partial charge in [0.2, 0.25) is 0 Å². The molecule has 0 saturated heterocycles. The zero-order chi connectivity index (χ0) is 14.2. The first-order valence-electron chi connectivity index (χ1n) is 5.09. The fourth-order valence-electron chi connectivity index (χ4n) is 1.60. The van der Waals surface area contributed by atoms with E-state index in [9.17, 15) is 18.3 Å². The molecule has 1 heterocycles. The van der Waals surface area contributed by atoms with Crippen LogP contribution in [0, 0.1) is 0 Å². The first-order chi connectivity index (χ1) is 8.79. The molecule has 1 N–H and O–H groups in total. The molecule has 1 unspecified atom stereocenters. The zero-order valence-electron chi connectivity index (χ0n) is 9.21. The number of halogens is 5. The van der Waals surface area contributed by atoms with Crippen molar-refractivity contribution in [1.82, 2.24) is 0 Å². The van der Waals surface area contributed by atoms with Crippen molar-refractivity contribution >= 4 is 43.2 Å². The highest BCUT2D eigenvalue weighted by Crippen LogP contribution is 2.39. The molecule has 1 aromatic heterocycles. The summed E-state index contributed by atoms with van der Waals surface area (Å²) in [7, 11) is 0. The Morgan fingerprint density at radius 1 is 1.16 bits per heavy atom. The molecule has 7 heteroatoms. The van der Waals surface area contributed by atoms with Crippen molar-refractivity contribution in [3.05, 3.63) is 54.6 Å². The number of aliphatic hydroxyl groups excluding tert-OH is 1. The molecule has 0 fully saturated rings. The van der Waals surface area contributed by atoms with E-state index in [4.69, 9.17) is 0 Å². The number of aliphatic hydroxyl groups is 1. The van der Waals surface area contributed by atoms with Gasteiger partial charge in [-0.15, -0.1) is 11.3 Å². The summed E-state index contributed by atoms with van der Waals surface area (Å²) in [5.74, 6) is 0. The lowest BCUT2D eigenvalue weighted by Crippen LogP contribution is -2.07. The Labute approximate surface area is 128 Å². The summed E-state index contributed by atoms with van der Waals surface area (Å²) in [6, 6.07) is 6.38. The van der Waals surface area contributed by atoms with Crippen LogP contribution in [-0.2, 0) is 6.18 Å². The van der Waals surface area contributed by atoms with Crippen LogP contribution in [0.25, 0.3) is 0 Å². The van der Waals surface area contributed by atoms with Gasteiger partial charge in [-0.25, -0.2) is 0 Å². The van der Waals surface area contributed by atoms with Crippen LogP contribution in [0.2, 0.25) is 0 Å². The second kappa shape index (κ2) is 5.55. The molecule has 0 amide bonds. The molecular formula is C12H7Br2F3OS. The molecule has 2 rings (SSSR count). The summed E-state index contributed by atoms with van der Waals surface area (Å²) in [6.45, 7) is 0. The maximum atomic E-state index is 12.6. The largest absolute Gasteiger partial charge is 0.416 e. The van der Waals surface area contributed by atoms with Crippen LogP contribution in [0.5, 0.6) is 0 Å². The Morgan fingerprint density at radius 2 is 1.84 bits per heavy atom. The van der Waals surface area contributed by atoms with E-state index >= 15 is 0 Å². The number of alkyl halides is 3. The number of thiophene rings is 1. The van der Waals surface area contributed by atoms with E-state index in [-0.39, 0.29) is 5.56 Å². The van der Waals surface area contributed by atoms with Gasteiger partial charge in [-0.05, 0) is 55.6 Å². The van der Waals surface area contributed by atoms with E-state index < -0.39 is 17.8 Å². The van der Waals surface area contributed by atoms with Gasteiger partial charge in [-0.2, -0.15) is 13.2 Å². The van der Waals surface area contributed by atoms with Crippen molar-refractivity contribution in [2.75, 3.05) is 0 Å². The Balaban J connectivity index is 2.39. The molecule has 0 spiro atoms. The molecule has 0 saturated carbocycles. The predicted octanol–water partition coefficient (Wildman–Crippen LogP) is 5.37. The minimum absolute atomic E-state index is 0.209. The van der Waals surface area contributed by atoms with Gasteiger partial charge in [0.15, 0.2) is 0 Å². The minimum atomic E-state index is -4.41. The summed E-state index contributed by atoms with van der Waals surface area (Å²) in [4.78, 5) is 0. The Hall–Kier alpha value is -0.370. The smallest absolute Gasteiger partial charge is 0.384 e. The molecule has 102 valence electrons. The number of hydrogen-bond acceptors (Lipinski definition) is 2. The van der Waals surface area contributed by atoms with Crippen molar-refractivity contribution in [1.29, 1.82) is 0 Å². The number of hydrogen-bond donors (Lipinski definition) is 1. The fraction of sp³-hybridized carbons (Fsp3) is 0.167. The van der Waals surface area contributed by atoms with E-state index in [2.05, 4.69) is 31.9 Å². The predicted molar refractivity (Wildman–Crippen MR) is 75.2 cm³/mol. The van der Waals surface area contributed by atoms with E-state index in [0.717, 1.165) is 15.9 Å². The molecule has 1 atom stereocenters. The maximum Gasteiger partial charge on any atom is 0.416 e. The summed E-state index contributed by atoms with van der Waals surface area (Å²) in [6.07, 6.45) is -5.51. The lowest BCUT2D eigenvalue weighted by Gasteiger charge is -2.13. The molecule has 2 aromatic rings. The molecule has 0 aliphatic heterocycles. The summed E-state index contributed by atoms with van der Waals surface area (Å²) in [5, 5.41) is 10.2. The van der Waals surface area contributed by atoms with Gasteiger partial charge in [-0.3, -0.25) is 0 Å². The monoisotopic (exact) mass is 414 g/mol. The third-order valence-electron chi connectivity index (χ3n) is 2.51. The van der Waals surface area contributed by atoms with E-state index in [1.807, 2.05) is 0 Å². The maximum absolute atomic E-state index is 12.6. The number of benzene rings is 1. The van der Waals surface area contributed by atoms with Crippen molar-refractivity contribution in [2.24, 2.45) is 0 Å². The molecule has 0 radical (unpaired) electrons. The van der Waals surface area contributed by atoms with Gasteiger partial charge in [-0.1, -0.05) is 12.1 Å². The average molecular weight is 416 g/mol. The van der Waals surface area contributed by atoms with Crippen LogP contribution in [0.15, 0.2) is 37.9 Å². The van der Waals surface area contributed by atoms with E-state index in [0.29, 0.717) is 9.35 Å². The zero-order valence-corrected chi connectivity index (χ0v) is 13.2.